The number of aromatic amines is 1. The van der Waals surface area contributed by atoms with Gasteiger partial charge in [-0.2, -0.15) is 0 Å². The monoisotopic (exact) mass is 429 g/mol. The molecule has 0 atom stereocenters. The van der Waals surface area contributed by atoms with E-state index in [0.29, 0.717) is 44.6 Å². The van der Waals surface area contributed by atoms with Crippen molar-refractivity contribution in [2.75, 3.05) is 14.2 Å². The lowest BCUT2D eigenvalue weighted by atomic mass is 10.2. The van der Waals surface area contributed by atoms with Gasteiger partial charge >= 0.3 is 0 Å². The number of aromatic nitrogens is 5. The fourth-order valence-corrected chi connectivity index (χ4v) is 3.62. The Hall–Kier alpha value is -3.04. The molecular weight excluding hydrogens is 414 g/mol. The highest BCUT2D eigenvalue weighted by Crippen LogP contribution is 2.32. The molecule has 0 unspecified atom stereocenters. The first-order valence-corrected chi connectivity index (χ1v) is 9.89. The summed E-state index contributed by atoms with van der Waals surface area (Å²) >= 11 is 7.31. The third-order valence-electron chi connectivity index (χ3n) is 4.15. The van der Waals surface area contributed by atoms with Crippen molar-refractivity contribution in [1.82, 2.24) is 24.6 Å². The van der Waals surface area contributed by atoms with E-state index < -0.39 is 0 Å². The van der Waals surface area contributed by atoms with E-state index >= 15 is 0 Å². The fraction of sp³-hybridized carbons (Fsp3) is 0.158. The summed E-state index contributed by atoms with van der Waals surface area (Å²) in [6.07, 6.45) is 1.55. The van der Waals surface area contributed by atoms with Gasteiger partial charge in [0.05, 0.1) is 30.5 Å². The summed E-state index contributed by atoms with van der Waals surface area (Å²) in [5.41, 5.74) is 1.75. The Bertz CT molecular complexity index is 1240. The summed E-state index contributed by atoms with van der Waals surface area (Å²) < 4.78 is 12.0. The number of hydrogen-bond acceptors (Lipinski definition) is 7. The van der Waals surface area contributed by atoms with Crippen molar-refractivity contribution in [3.05, 3.63) is 63.7 Å². The molecule has 4 rings (SSSR count). The second-order valence-electron chi connectivity index (χ2n) is 5.98. The van der Waals surface area contributed by atoms with Gasteiger partial charge in [0, 0.05) is 24.1 Å². The number of ether oxygens (including phenoxy) is 2. The minimum absolute atomic E-state index is 0.188. The first-order valence-electron chi connectivity index (χ1n) is 8.53. The maximum absolute atomic E-state index is 12.3. The van der Waals surface area contributed by atoms with Crippen LogP contribution in [0.4, 0.5) is 0 Å². The van der Waals surface area contributed by atoms with Crippen molar-refractivity contribution in [2.45, 2.75) is 10.9 Å². The van der Waals surface area contributed by atoms with Crippen molar-refractivity contribution in [1.29, 1.82) is 0 Å². The van der Waals surface area contributed by atoms with E-state index in [4.69, 9.17) is 21.1 Å². The number of benzene rings is 1. The standard InChI is InChI=1S/C19H16ClN5O3S/c1-27-13-4-5-14(15(8-13)28-2)18-22-19(24-23-18)29-10-12-7-17(26)25-9-11(20)3-6-16(25)21-12/h3-9H,10H2,1-2H3,(H,22,23,24). The Morgan fingerprint density at radius 1 is 1.14 bits per heavy atom. The van der Waals surface area contributed by atoms with Crippen LogP contribution in [-0.2, 0) is 5.75 Å². The lowest BCUT2D eigenvalue weighted by Gasteiger charge is -2.07. The van der Waals surface area contributed by atoms with Crippen LogP contribution in [-0.4, -0.2) is 38.8 Å². The van der Waals surface area contributed by atoms with Gasteiger partial charge in [0.2, 0.25) is 5.16 Å². The van der Waals surface area contributed by atoms with Crippen LogP contribution in [0.15, 0.2) is 52.5 Å². The van der Waals surface area contributed by atoms with E-state index in [9.17, 15) is 4.79 Å². The summed E-state index contributed by atoms with van der Waals surface area (Å²) in [6, 6.07) is 10.3. The van der Waals surface area contributed by atoms with E-state index in [0.717, 1.165) is 5.56 Å². The van der Waals surface area contributed by atoms with Crippen LogP contribution in [0.5, 0.6) is 11.5 Å². The normalized spacial score (nSPS) is 11.0. The van der Waals surface area contributed by atoms with Crippen molar-refractivity contribution in [2.24, 2.45) is 0 Å². The third-order valence-corrected chi connectivity index (χ3v) is 5.26. The summed E-state index contributed by atoms with van der Waals surface area (Å²) in [6.45, 7) is 0. The van der Waals surface area contributed by atoms with Crippen LogP contribution in [0.2, 0.25) is 5.02 Å². The highest BCUT2D eigenvalue weighted by molar-refractivity contribution is 7.98. The van der Waals surface area contributed by atoms with E-state index in [-0.39, 0.29) is 5.56 Å². The fourth-order valence-electron chi connectivity index (χ4n) is 2.76. The van der Waals surface area contributed by atoms with Crippen molar-refractivity contribution in [3.8, 4) is 22.9 Å². The molecule has 0 aliphatic rings. The molecule has 0 saturated carbocycles. The maximum Gasteiger partial charge on any atom is 0.258 e. The number of thioether (sulfide) groups is 1. The van der Waals surface area contributed by atoms with Crippen molar-refractivity contribution < 1.29 is 9.47 Å². The minimum atomic E-state index is -0.188. The molecule has 0 bridgehead atoms. The average Bonchev–Trinajstić information content (AvgIpc) is 3.21. The van der Waals surface area contributed by atoms with Crippen LogP contribution >= 0.6 is 23.4 Å². The van der Waals surface area contributed by atoms with Crippen LogP contribution < -0.4 is 15.0 Å². The Kier molecular flexibility index (Phi) is 5.41. The lowest BCUT2D eigenvalue weighted by molar-refractivity contribution is 0.395. The molecule has 1 N–H and O–H groups in total. The molecular formula is C19H16ClN5O3S. The van der Waals surface area contributed by atoms with E-state index in [2.05, 4.69) is 20.2 Å². The molecule has 10 heteroatoms. The number of methoxy groups -OCH3 is 2. The zero-order valence-electron chi connectivity index (χ0n) is 15.5. The predicted octanol–water partition coefficient (Wildman–Crippen LogP) is 3.44. The van der Waals surface area contributed by atoms with E-state index in [1.807, 2.05) is 12.1 Å². The number of pyridine rings is 1. The Labute approximate surface area is 174 Å². The molecule has 148 valence electrons. The molecule has 0 aliphatic carbocycles. The quantitative estimate of drug-likeness (QED) is 0.469. The van der Waals surface area contributed by atoms with Crippen LogP contribution in [0.25, 0.3) is 17.0 Å². The SMILES string of the molecule is COc1ccc(-c2nc(SCc3cc(=O)n4cc(Cl)ccc4n3)n[nH]2)c(OC)c1. The Balaban J connectivity index is 1.54. The summed E-state index contributed by atoms with van der Waals surface area (Å²) in [4.78, 5) is 21.3. The zero-order valence-corrected chi connectivity index (χ0v) is 17.1. The average molecular weight is 430 g/mol. The molecule has 8 nitrogen and oxygen atoms in total. The van der Waals surface area contributed by atoms with Gasteiger partial charge in [-0.1, -0.05) is 23.4 Å². The third kappa shape index (κ3) is 4.06. The number of nitrogens with one attached hydrogen (secondary N) is 1. The summed E-state index contributed by atoms with van der Waals surface area (Å²) in [7, 11) is 3.18. The van der Waals surface area contributed by atoms with E-state index in [1.165, 1.54) is 22.2 Å². The van der Waals surface area contributed by atoms with Gasteiger partial charge in [-0.3, -0.25) is 14.3 Å². The van der Waals surface area contributed by atoms with Crippen molar-refractivity contribution in [3.63, 3.8) is 0 Å². The molecule has 4 aromatic rings. The van der Waals surface area contributed by atoms with Gasteiger partial charge in [0.25, 0.3) is 5.56 Å². The van der Waals surface area contributed by atoms with Gasteiger partial charge in [0.15, 0.2) is 5.82 Å². The lowest BCUT2D eigenvalue weighted by Crippen LogP contribution is -2.15. The first-order chi connectivity index (χ1) is 14.1. The van der Waals surface area contributed by atoms with Crippen LogP contribution in [0.3, 0.4) is 0 Å². The van der Waals surface area contributed by atoms with Gasteiger partial charge < -0.3 is 9.47 Å². The summed E-state index contributed by atoms with van der Waals surface area (Å²) in [5, 5.41) is 8.16. The number of H-pyrrole nitrogens is 1. The van der Waals surface area contributed by atoms with Crippen LogP contribution in [0, 0.1) is 0 Å². The summed E-state index contributed by atoms with van der Waals surface area (Å²) in [5.74, 6) is 2.34. The predicted molar refractivity (Wildman–Crippen MR) is 111 cm³/mol. The molecule has 0 fully saturated rings. The highest BCUT2D eigenvalue weighted by Gasteiger charge is 2.13. The van der Waals surface area contributed by atoms with Gasteiger partial charge in [-0.25, -0.2) is 9.97 Å². The smallest absolute Gasteiger partial charge is 0.258 e. The minimum Gasteiger partial charge on any atom is -0.497 e. The van der Waals surface area contributed by atoms with Crippen LogP contribution in [0.1, 0.15) is 5.69 Å². The molecule has 0 saturated heterocycles. The number of halogens is 1. The number of nitrogens with zero attached hydrogens (tertiary/aromatic N) is 4. The first kappa shape index (κ1) is 19.3. The maximum atomic E-state index is 12.3. The zero-order chi connectivity index (χ0) is 20.4. The number of rotatable bonds is 6. The Morgan fingerprint density at radius 2 is 2.00 bits per heavy atom. The van der Waals surface area contributed by atoms with Gasteiger partial charge in [0.1, 0.15) is 17.1 Å². The molecule has 3 aromatic heterocycles. The molecule has 3 heterocycles. The molecule has 0 aliphatic heterocycles. The van der Waals surface area contributed by atoms with Gasteiger partial charge in [-0.05, 0) is 24.3 Å². The second-order valence-corrected chi connectivity index (χ2v) is 7.36. The Morgan fingerprint density at radius 3 is 2.79 bits per heavy atom. The van der Waals surface area contributed by atoms with Crippen molar-refractivity contribution >= 4 is 29.0 Å². The molecule has 0 spiro atoms. The number of fused-ring (bicyclic) bond motifs is 1. The molecule has 0 radical (unpaired) electrons. The second kappa shape index (κ2) is 8.14. The molecule has 0 amide bonds. The topological polar surface area (TPSA) is 94.4 Å². The molecule has 29 heavy (non-hydrogen) atoms. The molecule has 1 aromatic carbocycles. The highest BCUT2D eigenvalue weighted by atomic mass is 35.5. The van der Waals surface area contributed by atoms with Gasteiger partial charge in [-0.15, -0.1) is 5.10 Å². The largest absolute Gasteiger partial charge is 0.497 e. The number of hydrogen-bond donors (Lipinski definition) is 1. The van der Waals surface area contributed by atoms with E-state index in [1.54, 1.807) is 38.6 Å².